The molecule has 2 aromatic rings. The number of ether oxygens (including phenoxy) is 2. The number of allylic oxidation sites excluding steroid dienone is 1. The minimum atomic E-state index is -4.66. The number of benzene rings is 1. The summed E-state index contributed by atoms with van der Waals surface area (Å²) in [6, 6.07) is 2.97. The van der Waals surface area contributed by atoms with Gasteiger partial charge in [-0.2, -0.15) is 17.6 Å². The maximum Gasteiger partial charge on any atom is 0.408 e. The lowest BCUT2D eigenvalue weighted by molar-refractivity contribution is -0.329. The van der Waals surface area contributed by atoms with Crippen molar-refractivity contribution in [1.82, 2.24) is 25.2 Å². The first-order valence-electron chi connectivity index (χ1n) is 19.6. The molecule has 0 bridgehead atoms. The molecular weight excluding hydrogens is 813 g/mol. The lowest BCUT2D eigenvalue weighted by atomic mass is 9.84. The summed E-state index contributed by atoms with van der Waals surface area (Å²) in [5.74, 6) is -16.6. The van der Waals surface area contributed by atoms with Crippen molar-refractivity contribution in [3.63, 3.8) is 0 Å². The smallest absolute Gasteiger partial charge is 0.408 e. The van der Waals surface area contributed by atoms with E-state index in [9.17, 15) is 45.2 Å². The summed E-state index contributed by atoms with van der Waals surface area (Å²) < 4.78 is 127. The Labute approximate surface area is 335 Å². The molecule has 4 fully saturated rings. The summed E-state index contributed by atoms with van der Waals surface area (Å²) in [6.45, 7) is 2.30. The van der Waals surface area contributed by atoms with Gasteiger partial charge in [-0.3, -0.25) is 19.1 Å². The number of hydrogen-bond donors (Lipinski definition) is 3. The highest BCUT2D eigenvalue weighted by Gasteiger charge is 2.74. The average molecular weight is 856 g/mol. The predicted octanol–water partition coefficient (Wildman–Crippen LogP) is 5.29. The fraction of sp³-hybridized carbons (Fsp3) is 0.615. The van der Waals surface area contributed by atoms with Crippen LogP contribution in [0.4, 0.5) is 31.1 Å². The Balaban J connectivity index is 1.14. The SMILES string of the molecule is Cc1nc2ccccc2c2c1O[C@@]1(C[C@H]3C(=O)N[C@]4(C(=O)NS(=O)(=O)C5(C)CC5)C[C@H]4/C=C\CCCCC[C@H](NC(=O)OC4CC(F)(F)C4(F)F)C(=O)N3C1)CC2(F)F. The highest BCUT2D eigenvalue weighted by atomic mass is 32.2. The Morgan fingerprint density at radius 3 is 2.44 bits per heavy atom. The van der Waals surface area contributed by atoms with E-state index in [0.717, 1.165) is 4.90 Å². The highest BCUT2D eigenvalue weighted by Crippen LogP contribution is 2.55. The first-order valence-corrected chi connectivity index (χ1v) is 21.1. The van der Waals surface area contributed by atoms with Gasteiger partial charge in [0, 0.05) is 17.7 Å². The van der Waals surface area contributed by atoms with Crippen molar-refractivity contribution in [3.8, 4) is 5.75 Å². The number of alkyl carbamates (subject to hydrolysis) is 1. The van der Waals surface area contributed by atoms with Gasteiger partial charge in [-0.15, -0.1) is 0 Å². The van der Waals surface area contributed by atoms with E-state index in [1.54, 1.807) is 30.4 Å². The second-order valence-electron chi connectivity index (χ2n) is 17.1. The summed E-state index contributed by atoms with van der Waals surface area (Å²) in [6.07, 6.45) is -1.47. The molecule has 13 nitrogen and oxygen atoms in total. The van der Waals surface area contributed by atoms with Crippen molar-refractivity contribution in [2.75, 3.05) is 6.54 Å². The van der Waals surface area contributed by atoms with Crippen molar-refractivity contribution in [1.29, 1.82) is 0 Å². The summed E-state index contributed by atoms with van der Waals surface area (Å²) in [5.41, 5.74) is -3.79. The number of carbonyl (C=O) groups is 4. The molecule has 4 amide bonds. The van der Waals surface area contributed by atoms with Gasteiger partial charge in [0.2, 0.25) is 21.8 Å². The molecule has 20 heteroatoms. The van der Waals surface area contributed by atoms with Gasteiger partial charge in [0.15, 0.2) is 11.9 Å². The number of halogens is 6. The van der Waals surface area contributed by atoms with Crippen molar-refractivity contribution in [3.05, 3.63) is 47.7 Å². The number of rotatable bonds is 5. The third kappa shape index (κ3) is 6.95. The van der Waals surface area contributed by atoms with Crippen molar-refractivity contribution >= 4 is 44.7 Å². The zero-order valence-electron chi connectivity index (χ0n) is 32.1. The van der Waals surface area contributed by atoms with Gasteiger partial charge in [-0.25, -0.2) is 27.0 Å². The highest BCUT2D eigenvalue weighted by molar-refractivity contribution is 7.91. The first kappa shape index (κ1) is 41.1. The van der Waals surface area contributed by atoms with Gasteiger partial charge >= 0.3 is 17.9 Å². The maximum absolute atomic E-state index is 16.6. The Kier molecular flexibility index (Phi) is 9.55. The number of fused-ring (bicyclic) bond motifs is 5. The second-order valence-corrected chi connectivity index (χ2v) is 19.3. The molecule has 8 rings (SSSR count). The van der Waals surface area contributed by atoms with Crippen LogP contribution >= 0.6 is 0 Å². The lowest BCUT2D eigenvalue weighted by Crippen LogP contribution is -2.64. The maximum atomic E-state index is 16.6. The van der Waals surface area contributed by atoms with Crippen LogP contribution in [0.3, 0.4) is 0 Å². The summed E-state index contributed by atoms with van der Waals surface area (Å²) >= 11 is 0. The van der Waals surface area contributed by atoms with Crippen LogP contribution in [0.2, 0.25) is 0 Å². The van der Waals surface area contributed by atoms with Crippen LogP contribution in [-0.2, 0) is 35.1 Å². The zero-order valence-corrected chi connectivity index (χ0v) is 32.9. The van der Waals surface area contributed by atoms with Gasteiger partial charge in [-0.05, 0) is 58.4 Å². The molecule has 0 radical (unpaired) electrons. The fourth-order valence-corrected chi connectivity index (χ4v) is 10.1. The monoisotopic (exact) mass is 855 g/mol. The normalized spacial score (nSPS) is 33.3. The Morgan fingerprint density at radius 1 is 1.02 bits per heavy atom. The largest absolute Gasteiger partial charge is 0.483 e. The number of alkyl halides is 6. The van der Waals surface area contributed by atoms with Gasteiger partial charge in [0.1, 0.15) is 23.2 Å². The molecule has 6 atom stereocenters. The van der Waals surface area contributed by atoms with Gasteiger partial charge < -0.3 is 25.0 Å². The molecule has 3 N–H and O–H groups in total. The molecule has 3 saturated carbocycles. The van der Waals surface area contributed by atoms with Gasteiger partial charge in [0.05, 0.1) is 40.9 Å². The average Bonchev–Trinajstić information content (AvgIpc) is 4.04. The predicted molar refractivity (Wildman–Crippen MR) is 196 cm³/mol. The van der Waals surface area contributed by atoms with E-state index < -0.39 is 123 Å². The van der Waals surface area contributed by atoms with E-state index >= 15 is 8.78 Å². The Hall–Kier alpha value is -4.62. The van der Waals surface area contributed by atoms with Crippen LogP contribution in [0.15, 0.2) is 36.4 Å². The van der Waals surface area contributed by atoms with Crippen LogP contribution < -0.4 is 20.1 Å². The number of aromatic nitrogens is 1. The topological polar surface area (TPSA) is 173 Å². The molecule has 1 aromatic carbocycles. The van der Waals surface area contributed by atoms with E-state index in [2.05, 4.69) is 25.1 Å². The third-order valence-electron chi connectivity index (χ3n) is 12.7. The molecule has 6 aliphatic rings. The summed E-state index contributed by atoms with van der Waals surface area (Å²) in [5, 5.41) is 4.97. The van der Waals surface area contributed by atoms with E-state index in [4.69, 9.17) is 4.74 Å². The number of nitrogens with one attached hydrogen (secondary N) is 3. The van der Waals surface area contributed by atoms with E-state index in [1.165, 1.54) is 19.9 Å². The standard InChI is InChI=1S/C39H43F6N5O8S/c1-21-29-28(23-11-8-9-12-24(23)46-21)37(40,41)19-35(58-29)17-26-30(51)48-36(32(53)49-59(55,56)34(2)14-15-34)16-22(36)10-6-4-3-5-7-13-25(31(52)50(26)20-35)47-33(54)57-27-18-38(42,43)39(27,44)45/h6,8-12,22,25-27H,3-5,7,13-20H2,1-2H3,(H,47,54)(H,48,51)(H,49,53)/b10-6-/t22-,25+,26+,27?,35+,36-/m1/s1. The minimum absolute atomic E-state index is 0.0140. The molecule has 3 aliphatic carbocycles. The zero-order chi connectivity index (χ0) is 42.6. The quantitative estimate of drug-likeness (QED) is 0.267. The number of nitrogens with zero attached hydrogens (tertiary/aromatic N) is 2. The summed E-state index contributed by atoms with van der Waals surface area (Å²) in [7, 11) is -4.17. The molecule has 1 saturated heterocycles. The Morgan fingerprint density at radius 2 is 1.75 bits per heavy atom. The van der Waals surface area contributed by atoms with E-state index in [1.807, 2.05) is 0 Å². The van der Waals surface area contributed by atoms with E-state index in [-0.39, 0.29) is 41.6 Å². The molecule has 1 spiro atoms. The summed E-state index contributed by atoms with van der Waals surface area (Å²) in [4.78, 5) is 61.4. The van der Waals surface area contributed by atoms with Crippen LogP contribution in [0.25, 0.3) is 10.9 Å². The number of carbonyl (C=O) groups excluding carboxylic acids is 4. The lowest BCUT2D eigenvalue weighted by Gasteiger charge is -2.42. The molecule has 320 valence electrons. The molecule has 4 heterocycles. The third-order valence-corrected chi connectivity index (χ3v) is 14.9. The van der Waals surface area contributed by atoms with Gasteiger partial charge in [-0.1, -0.05) is 43.2 Å². The number of para-hydroxylation sites is 1. The van der Waals surface area contributed by atoms with Crippen LogP contribution in [-0.4, -0.2) is 94.6 Å². The van der Waals surface area contributed by atoms with Crippen molar-refractivity contribution in [2.45, 2.75) is 136 Å². The molecule has 1 aromatic heterocycles. The van der Waals surface area contributed by atoms with Gasteiger partial charge in [0.25, 0.3) is 11.8 Å². The number of pyridine rings is 1. The molecule has 3 aliphatic heterocycles. The number of hydrogen-bond acceptors (Lipinski definition) is 9. The van der Waals surface area contributed by atoms with Crippen molar-refractivity contribution < 1.29 is 63.4 Å². The number of sulfonamides is 1. The molecular formula is C39H43F6N5O8S. The van der Waals surface area contributed by atoms with E-state index in [0.29, 0.717) is 32.1 Å². The number of aryl methyl sites for hydroxylation is 1. The van der Waals surface area contributed by atoms with Crippen LogP contribution in [0, 0.1) is 12.8 Å². The van der Waals surface area contributed by atoms with Crippen LogP contribution in [0.1, 0.15) is 88.8 Å². The van der Waals surface area contributed by atoms with Crippen LogP contribution in [0.5, 0.6) is 5.75 Å². The Bertz CT molecular complexity index is 2270. The first-order chi connectivity index (χ1) is 27.5. The molecule has 1 unspecified atom stereocenters. The minimum Gasteiger partial charge on any atom is -0.483 e. The molecule has 59 heavy (non-hydrogen) atoms. The second kappa shape index (κ2) is 13.7. The number of amides is 4. The fourth-order valence-electron chi connectivity index (χ4n) is 8.76. The van der Waals surface area contributed by atoms with Crippen molar-refractivity contribution in [2.24, 2.45) is 5.92 Å².